The topological polar surface area (TPSA) is 58.2 Å². The molecule has 2 rings (SSSR count). The van der Waals surface area contributed by atoms with Crippen LogP contribution >= 0.6 is 0 Å². The second kappa shape index (κ2) is 4.99. The molecule has 4 nitrogen and oxygen atoms in total. The number of amides is 2. The Hall–Kier alpha value is -1.84. The number of carbonyl (C=O) groups excluding carboxylic acids is 2. The van der Waals surface area contributed by atoms with E-state index in [1.807, 2.05) is 31.2 Å². The Bertz CT molecular complexity index is 439. The highest BCUT2D eigenvalue weighted by atomic mass is 16.2. The molecule has 2 N–H and O–H groups in total. The molecule has 1 aliphatic carbocycles. The zero-order valence-electron chi connectivity index (χ0n) is 9.82. The largest absolute Gasteiger partial charge is 0.347 e. The molecule has 2 amide bonds. The summed E-state index contributed by atoms with van der Waals surface area (Å²) in [6.07, 6.45) is 1.90. The third kappa shape index (κ3) is 3.59. The zero-order valence-corrected chi connectivity index (χ0v) is 9.82. The van der Waals surface area contributed by atoms with Crippen LogP contribution in [-0.2, 0) is 9.59 Å². The minimum atomic E-state index is -0.190. The first-order valence-electron chi connectivity index (χ1n) is 5.79. The minimum Gasteiger partial charge on any atom is -0.347 e. The van der Waals surface area contributed by atoms with Crippen molar-refractivity contribution in [3.8, 4) is 0 Å². The highest BCUT2D eigenvalue weighted by molar-refractivity contribution is 5.95. The van der Waals surface area contributed by atoms with Crippen LogP contribution in [0, 0.1) is 12.8 Å². The monoisotopic (exact) mass is 232 g/mol. The smallest absolute Gasteiger partial charge is 0.243 e. The molecular formula is C13H16N2O2. The number of nitrogens with one attached hydrogen (secondary N) is 2. The van der Waals surface area contributed by atoms with Crippen molar-refractivity contribution >= 4 is 17.5 Å². The molecule has 1 aliphatic rings. The van der Waals surface area contributed by atoms with Gasteiger partial charge in [-0.05, 0) is 37.5 Å². The van der Waals surface area contributed by atoms with Crippen molar-refractivity contribution in [3.05, 3.63) is 29.8 Å². The average molecular weight is 232 g/mol. The molecule has 1 saturated carbocycles. The maximum atomic E-state index is 11.5. The van der Waals surface area contributed by atoms with Gasteiger partial charge in [0.2, 0.25) is 11.8 Å². The molecule has 0 atom stereocenters. The Morgan fingerprint density at radius 3 is 2.76 bits per heavy atom. The average Bonchev–Trinajstić information content (AvgIpc) is 3.09. The molecule has 90 valence electrons. The molecule has 0 saturated heterocycles. The summed E-state index contributed by atoms with van der Waals surface area (Å²) in [6, 6.07) is 7.56. The first kappa shape index (κ1) is 11.6. The van der Waals surface area contributed by atoms with E-state index in [1.54, 1.807) is 0 Å². The van der Waals surface area contributed by atoms with Crippen LogP contribution in [-0.4, -0.2) is 18.4 Å². The summed E-state index contributed by atoms with van der Waals surface area (Å²) in [6.45, 7) is 2.01. The molecule has 0 aliphatic heterocycles. The van der Waals surface area contributed by atoms with E-state index in [2.05, 4.69) is 10.6 Å². The molecule has 0 spiro atoms. The van der Waals surface area contributed by atoms with Gasteiger partial charge < -0.3 is 10.6 Å². The Morgan fingerprint density at radius 1 is 1.35 bits per heavy atom. The number of carbonyl (C=O) groups is 2. The molecule has 17 heavy (non-hydrogen) atoms. The first-order valence-corrected chi connectivity index (χ1v) is 5.79. The molecular weight excluding hydrogens is 216 g/mol. The highest BCUT2D eigenvalue weighted by Gasteiger charge is 2.29. The van der Waals surface area contributed by atoms with Crippen molar-refractivity contribution in [3.63, 3.8) is 0 Å². The van der Waals surface area contributed by atoms with Gasteiger partial charge >= 0.3 is 0 Å². The summed E-state index contributed by atoms with van der Waals surface area (Å²) in [5.41, 5.74) is 1.85. The highest BCUT2D eigenvalue weighted by Crippen LogP contribution is 2.28. The maximum Gasteiger partial charge on any atom is 0.243 e. The van der Waals surface area contributed by atoms with Crippen molar-refractivity contribution in [1.29, 1.82) is 0 Å². The van der Waals surface area contributed by atoms with Gasteiger partial charge in [-0.25, -0.2) is 0 Å². The molecule has 1 fully saturated rings. The van der Waals surface area contributed by atoms with E-state index >= 15 is 0 Å². The molecule has 0 radical (unpaired) electrons. The second-order valence-electron chi connectivity index (χ2n) is 4.41. The van der Waals surface area contributed by atoms with Crippen LogP contribution in [0.25, 0.3) is 0 Å². The van der Waals surface area contributed by atoms with Crippen molar-refractivity contribution < 1.29 is 9.59 Å². The van der Waals surface area contributed by atoms with Crippen molar-refractivity contribution in [2.45, 2.75) is 19.8 Å². The van der Waals surface area contributed by atoms with Gasteiger partial charge in [0, 0.05) is 11.6 Å². The standard InChI is InChI=1S/C13H16N2O2/c1-9-3-2-4-11(7-9)15-12(16)8-14-13(17)10-5-6-10/h2-4,7,10H,5-6,8H2,1H3,(H,14,17)(H,15,16). The lowest BCUT2D eigenvalue weighted by Crippen LogP contribution is -2.33. The van der Waals surface area contributed by atoms with E-state index in [0.29, 0.717) is 0 Å². The van der Waals surface area contributed by atoms with Gasteiger partial charge in [0.1, 0.15) is 0 Å². The number of hydrogen-bond donors (Lipinski definition) is 2. The number of benzene rings is 1. The van der Waals surface area contributed by atoms with E-state index in [-0.39, 0.29) is 24.3 Å². The van der Waals surface area contributed by atoms with E-state index in [9.17, 15) is 9.59 Å². The van der Waals surface area contributed by atoms with Crippen LogP contribution in [0.3, 0.4) is 0 Å². The maximum absolute atomic E-state index is 11.5. The van der Waals surface area contributed by atoms with Gasteiger partial charge in [-0.2, -0.15) is 0 Å². The Balaban J connectivity index is 1.78. The van der Waals surface area contributed by atoms with Crippen molar-refractivity contribution in [1.82, 2.24) is 5.32 Å². The fourth-order valence-corrected chi connectivity index (χ4v) is 1.59. The Labute approximate surface area is 100 Å². The third-order valence-electron chi connectivity index (χ3n) is 2.67. The van der Waals surface area contributed by atoms with Gasteiger partial charge in [-0.15, -0.1) is 0 Å². The predicted molar refractivity (Wildman–Crippen MR) is 65.5 cm³/mol. The van der Waals surface area contributed by atoms with Crippen LogP contribution < -0.4 is 10.6 Å². The number of aryl methyl sites for hydroxylation is 1. The minimum absolute atomic E-state index is 0.00982. The van der Waals surface area contributed by atoms with Gasteiger partial charge in [0.15, 0.2) is 0 Å². The summed E-state index contributed by atoms with van der Waals surface area (Å²) in [5.74, 6) is -0.0595. The van der Waals surface area contributed by atoms with Crippen molar-refractivity contribution in [2.24, 2.45) is 5.92 Å². The van der Waals surface area contributed by atoms with Crippen LogP contribution in [0.5, 0.6) is 0 Å². The summed E-state index contributed by atoms with van der Waals surface area (Å²) in [4.78, 5) is 22.9. The summed E-state index contributed by atoms with van der Waals surface area (Å²) in [5, 5.41) is 5.37. The number of rotatable bonds is 4. The van der Waals surface area contributed by atoms with Crippen LogP contribution in [0.1, 0.15) is 18.4 Å². The number of hydrogen-bond acceptors (Lipinski definition) is 2. The second-order valence-corrected chi connectivity index (χ2v) is 4.41. The van der Waals surface area contributed by atoms with Crippen LogP contribution in [0.4, 0.5) is 5.69 Å². The van der Waals surface area contributed by atoms with Gasteiger partial charge in [0.25, 0.3) is 0 Å². The Morgan fingerprint density at radius 2 is 2.12 bits per heavy atom. The van der Waals surface area contributed by atoms with E-state index in [4.69, 9.17) is 0 Å². The number of anilines is 1. The van der Waals surface area contributed by atoms with E-state index < -0.39 is 0 Å². The fraction of sp³-hybridized carbons (Fsp3) is 0.385. The lowest BCUT2D eigenvalue weighted by molar-refractivity contribution is -0.125. The summed E-state index contributed by atoms with van der Waals surface area (Å²) < 4.78 is 0. The molecule has 4 heteroatoms. The third-order valence-corrected chi connectivity index (χ3v) is 2.67. The van der Waals surface area contributed by atoms with Gasteiger partial charge in [0.05, 0.1) is 6.54 Å². The quantitative estimate of drug-likeness (QED) is 0.825. The normalized spacial score (nSPS) is 14.2. The Kier molecular flexibility index (Phi) is 3.42. The summed E-state index contributed by atoms with van der Waals surface area (Å²) >= 11 is 0. The molecule has 0 aromatic heterocycles. The van der Waals surface area contributed by atoms with Crippen LogP contribution in [0.15, 0.2) is 24.3 Å². The molecule has 0 bridgehead atoms. The van der Waals surface area contributed by atoms with Gasteiger partial charge in [-0.1, -0.05) is 12.1 Å². The SMILES string of the molecule is Cc1cccc(NC(=O)CNC(=O)C2CC2)c1. The van der Waals surface area contributed by atoms with Crippen LogP contribution in [0.2, 0.25) is 0 Å². The molecule has 0 unspecified atom stereocenters. The summed E-state index contributed by atoms with van der Waals surface area (Å²) in [7, 11) is 0. The van der Waals surface area contributed by atoms with Gasteiger partial charge in [-0.3, -0.25) is 9.59 Å². The lowest BCUT2D eigenvalue weighted by atomic mass is 10.2. The van der Waals surface area contributed by atoms with E-state index in [1.165, 1.54) is 0 Å². The zero-order chi connectivity index (χ0) is 12.3. The van der Waals surface area contributed by atoms with Crippen molar-refractivity contribution in [2.75, 3.05) is 11.9 Å². The molecule has 1 aromatic rings. The fourth-order valence-electron chi connectivity index (χ4n) is 1.59. The molecule has 0 heterocycles. The lowest BCUT2D eigenvalue weighted by Gasteiger charge is -2.07. The van der Waals surface area contributed by atoms with E-state index in [0.717, 1.165) is 24.1 Å². The predicted octanol–water partition coefficient (Wildman–Crippen LogP) is 1.46. The first-order chi connectivity index (χ1) is 8.15. The molecule has 1 aromatic carbocycles.